The summed E-state index contributed by atoms with van der Waals surface area (Å²) in [6.45, 7) is 0. The van der Waals surface area contributed by atoms with E-state index in [9.17, 15) is 4.79 Å². The van der Waals surface area contributed by atoms with Crippen molar-refractivity contribution in [1.82, 2.24) is 0 Å². The Labute approximate surface area is 160 Å². The molecule has 5 nitrogen and oxygen atoms in total. The molecule has 0 heterocycles. The molecule has 0 spiro atoms. The van der Waals surface area contributed by atoms with Gasteiger partial charge < -0.3 is 14.9 Å². The third kappa shape index (κ3) is 4.99. The summed E-state index contributed by atoms with van der Waals surface area (Å²) in [7, 11) is 7.89. The lowest BCUT2D eigenvalue weighted by Gasteiger charge is -2.16. The Morgan fingerprint density at radius 1 is 0.852 bits per heavy atom. The summed E-state index contributed by atoms with van der Waals surface area (Å²) in [6, 6.07) is 17.7. The van der Waals surface area contributed by atoms with Gasteiger partial charge in [-0.2, -0.15) is 5.26 Å². The Kier molecular flexibility index (Phi) is 6.40. The Morgan fingerprint density at radius 2 is 1.26 bits per heavy atom. The fourth-order valence-corrected chi connectivity index (χ4v) is 2.56. The van der Waals surface area contributed by atoms with Gasteiger partial charge in [-0.05, 0) is 47.0 Å². The van der Waals surface area contributed by atoms with Crippen LogP contribution in [0.5, 0.6) is 0 Å². The second-order valence-electron chi connectivity index (χ2n) is 6.46. The van der Waals surface area contributed by atoms with Gasteiger partial charge in [-0.1, -0.05) is 30.3 Å². The highest BCUT2D eigenvalue weighted by molar-refractivity contribution is 5.92. The molecule has 0 saturated carbocycles. The quantitative estimate of drug-likeness (QED) is 0.482. The van der Waals surface area contributed by atoms with E-state index in [1.165, 1.54) is 6.08 Å². The van der Waals surface area contributed by atoms with Crippen molar-refractivity contribution in [3.8, 4) is 6.07 Å². The van der Waals surface area contributed by atoms with Crippen molar-refractivity contribution in [2.24, 2.45) is 0 Å². The fourth-order valence-electron chi connectivity index (χ4n) is 2.56. The molecule has 0 aliphatic carbocycles. The lowest BCUT2D eigenvalue weighted by atomic mass is 9.96. The molecule has 0 aromatic heterocycles. The number of nitrogens with zero attached hydrogens (tertiary/aromatic N) is 3. The fraction of sp³-hybridized carbons (Fsp3) is 0.182. The number of aliphatic carboxylic acids is 1. The monoisotopic (exact) mass is 361 g/mol. The minimum absolute atomic E-state index is 0.303. The standard InChI is InChI=1S/C22H23N3O2/c1-24(2)19-10-5-16(6-11-19)21(14-9-18(15-23)22(26)27)17-7-12-20(13-8-17)25(3)4/h5-14H,1-4H3,(H,26,27). The highest BCUT2D eigenvalue weighted by Crippen LogP contribution is 2.27. The minimum atomic E-state index is -1.24. The summed E-state index contributed by atoms with van der Waals surface area (Å²) < 4.78 is 0. The summed E-state index contributed by atoms with van der Waals surface area (Å²) >= 11 is 0. The highest BCUT2D eigenvalue weighted by Gasteiger charge is 2.08. The van der Waals surface area contributed by atoms with Crippen LogP contribution >= 0.6 is 0 Å². The van der Waals surface area contributed by atoms with Gasteiger partial charge in [0, 0.05) is 39.6 Å². The van der Waals surface area contributed by atoms with Gasteiger partial charge in [0.1, 0.15) is 11.6 Å². The van der Waals surface area contributed by atoms with Crippen LogP contribution in [0, 0.1) is 11.3 Å². The SMILES string of the molecule is CN(C)c1ccc(C(=CC=C(C#N)C(=O)O)c2ccc(N(C)C)cc2)cc1. The van der Waals surface area contributed by atoms with Crippen LogP contribution in [0.3, 0.4) is 0 Å². The Bertz CT molecular complexity index is 847. The topological polar surface area (TPSA) is 67.6 Å². The summed E-state index contributed by atoms with van der Waals surface area (Å²) in [5, 5.41) is 18.1. The predicted octanol–water partition coefficient (Wildman–Crippen LogP) is 3.78. The van der Waals surface area contributed by atoms with Crippen LogP contribution < -0.4 is 9.80 Å². The number of carboxylic acid groups (broad SMARTS) is 1. The van der Waals surface area contributed by atoms with Crippen molar-refractivity contribution < 1.29 is 9.90 Å². The number of anilines is 2. The summed E-state index contributed by atoms with van der Waals surface area (Å²) in [6.07, 6.45) is 3.03. The van der Waals surface area contributed by atoms with Crippen molar-refractivity contribution in [3.63, 3.8) is 0 Å². The van der Waals surface area contributed by atoms with Crippen LogP contribution in [0.2, 0.25) is 0 Å². The van der Waals surface area contributed by atoms with E-state index in [0.717, 1.165) is 28.1 Å². The van der Waals surface area contributed by atoms with E-state index in [2.05, 4.69) is 0 Å². The molecular weight excluding hydrogens is 338 g/mol. The first-order valence-corrected chi connectivity index (χ1v) is 8.44. The van der Waals surface area contributed by atoms with Gasteiger partial charge in [0.25, 0.3) is 0 Å². The maximum atomic E-state index is 11.1. The third-order valence-corrected chi connectivity index (χ3v) is 4.16. The molecule has 0 amide bonds. The van der Waals surface area contributed by atoms with Crippen molar-refractivity contribution in [3.05, 3.63) is 77.4 Å². The number of allylic oxidation sites excluding steroid dienone is 2. The molecule has 0 aliphatic rings. The number of hydrogen-bond donors (Lipinski definition) is 1. The van der Waals surface area contributed by atoms with Crippen molar-refractivity contribution in [1.29, 1.82) is 5.26 Å². The summed E-state index contributed by atoms with van der Waals surface area (Å²) in [5.41, 5.74) is 4.57. The molecule has 0 fully saturated rings. The van der Waals surface area contributed by atoms with E-state index >= 15 is 0 Å². The largest absolute Gasteiger partial charge is 0.477 e. The summed E-state index contributed by atoms with van der Waals surface area (Å²) in [5.74, 6) is -1.24. The molecule has 27 heavy (non-hydrogen) atoms. The van der Waals surface area contributed by atoms with Crippen molar-refractivity contribution >= 4 is 22.9 Å². The van der Waals surface area contributed by atoms with Crippen LogP contribution in [-0.2, 0) is 4.79 Å². The predicted molar refractivity (Wildman–Crippen MR) is 110 cm³/mol. The van der Waals surface area contributed by atoms with Gasteiger partial charge in [-0.15, -0.1) is 0 Å². The number of benzene rings is 2. The second kappa shape index (κ2) is 8.72. The van der Waals surface area contributed by atoms with Crippen LogP contribution in [0.4, 0.5) is 11.4 Å². The molecule has 2 aromatic rings. The van der Waals surface area contributed by atoms with Crippen molar-refractivity contribution in [2.75, 3.05) is 38.0 Å². The molecule has 0 aliphatic heterocycles. The average Bonchev–Trinajstić information content (AvgIpc) is 2.65. The molecular formula is C22H23N3O2. The number of carbonyl (C=O) groups is 1. The number of hydrogen-bond acceptors (Lipinski definition) is 4. The van der Waals surface area contributed by atoms with E-state index in [0.29, 0.717) is 0 Å². The van der Waals surface area contributed by atoms with Crippen molar-refractivity contribution in [2.45, 2.75) is 0 Å². The van der Waals surface area contributed by atoms with E-state index in [1.54, 1.807) is 12.1 Å². The first kappa shape index (κ1) is 19.8. The van der Waals surface area contributed by atoms with Crippen LogP contribution in [0.15, 0.2) is 66.3 Å². The maximum Gasteiger partial charge on any atom is 0.346 e. The number of carboxylic acids is 1. The first-order valence-electron chi connectivity index (χ1n) is 8.44. The lowest BCUT2D eigenvalue weighted by Crippen LogP contribution is -2.08. The van der Waals surface area contributed by atoms with Crippen LogP contribution in [0.1, 0.15) is 11.1 Å². The molecule has 2 rings (SSSR count). The van der Waals surface area contributed by atoms with E-state index in [4.69, 9.17) is 10.4 Å². The zero-order chi connectivity index (χ0) is 20.0. The van der Waals surface area contributed by atoms with Gasteiger partial charge in [0.15, 0.2) is 0 Å². The summed E-state index contributed by atoms with van der Waals surface area (Å²) in [4.78, 5) is 15.1. The number of nitriles is 1. The smallest absolute Gasteiger partial charge is 0.346 e. The lowest BCUT2D eigenvalue weighted by molar-refractivity contribution is -0.132. The maximum absolute atomic E-state index is 11.1. The Hall–Kier alpha value is -3.52. The molecule has 0 radical (unpaired) electrons. The van der Waals surface area contributed by atoms with Gasteiger partial charge in [-0.3, -0.25) is 0 Å². The molecule has 0 unspecified atom stereocenters. The third-order valence-electron chi connectivity index (χ3n) is 4.16. The zero-order valence-corrected chi connectivity index (χ0v) is 16.0. The van der Waals surface area contributed by atoms with E-state index in [1.807, 2.05) is 86.5 Å². The van der Waals surface area contributed by atoms with E-state index < -0.39 is 5.97 Å². The molecule has 2 aromatic carbocycles. The van der Waals surface area contributed by atoms with Gasteiger partial charge in [0.05, 0.1) is 0 Å². The minimum Gasteiger partial charge on any atom is -0.477 e. The van der Waals surface area contributed by atoms with Crippen LogP contribution in [0.25, 0.3) is 5.57 Å². The molecule has 138 valence electrons. The number of rotatable bonds is 6. The van der Waals surface area contributed by atoms with Crippen LogP contribution in [-0.4, -0.2) is 39.3 Å². The average molecular weight is 361 g/mol. The second-order valence-corrected chi connectivity index (χ2v) is 6.46. The molecule has 0 saturated heterocycles. The molecule has 5 heteroatoms. The molecule has 0 bridgehead atoms. The van der Waals surface area contributed by atoms with E-state index in [-0.39, 0.29) is 5.57 Å². The first-order chi connectivity index (χ1) is 12.8. The van der Waals surface area contributed by atoms with Gasteiger partial charge in [0.2, 0.25) is 0 Å². The zero-order valence-electron chi connectivity index (χ0n) is 16.0. The Morgan fingerprint density at radius 3 is 1.56 bits per heavy atom. The molecule has 1 N–H and O–H groups in total. The highest BCUT2D eigenvalue weighted by atomic mass is 16.4. The Balaban J connectivity index is 2.54. The van der Waals surface area contributed by atoms with Gasteiger partial charge in [-0.25, -0.2) is 4.79 Å². The molecule has 0 atom stereocenters. The normalized spacial score (nSPS) is 10.7. The van der Waals surface area contributed by atoms with Gasteiger partial charge >= 0.3 is 5.97 Å².